The van der Waals surface area contributed by atoms with Crippen molar-refractivity contribution in [1.82, 2.24) is 4.98 Å². The smallest absolute Gasteiger partial charge is 0.399 e. The van der Waals surface area contributed by atoms with Gasteiger partial charge in [-0.2, -0.15) is 5.26 Å². The minimum absolute atomic E-state index is 0.235. The Kier molecular flexibility index (Phi) is 2.84. The number of nitrogens with zero attached hydrogens (tertiary/aromatic N) is 1. The van der Waals surface area contributed by atoms with Gasteiger partial charge in [0, 0.05) is 6.20 Å². The van der Waals surface area contributed by atoms with Crippen molar-refractivity contribution in [2.75, 3.05) is 0 Å². The summed E-state index contributed by atoms with van der Waals surface area (Å²) in [6, 6.07) is 3.53. The van der Waals surface area contributed by atoms with Crippen molar-refractivity contribution in [2.45, 2.75) is 38.9 Å². The Morgan fingerprint density at radius 2 is 1.83 bits per heavy atom. The maximum absolute atomic E-state index is 11.8. The summed E-state index contributed by atoms with van der Waals surface area (Å²) in [5.41, 5.74) is -0.914. The average molecular weight is 246 g/mol. The lowest BCUT2D eigenvalue weighted by molar-refractivity contribution is 0.00578. The van der Waals surface area contributed by atoms with Crippen molar-refractivity contribution in [3.8, 4) is 6.07 Å². The molecule has 1 aliphatic rings. The number of nitriles is 1. The zero-order valence-electron chi connectivity index (χ0n) is 10.9. The van der Waals surface area contributed by atoms with E-state index < -0.39 is 18.3 Å². The second-order valence-corrected chi connectivity index (χ2v) is 5.33. The molecule has 1 fully saturated rings. The lowest BCUT2D eigenvalue weighted by Crippen LogP contribution is -2.46. The molecule has 0 saturated carbocycles. The molecule has 6 heteroatoms. The van der Waals surface area contributed by atoms with Crippen LogP contribution in [0, 0.1) is 11.3 Å². The molecule has 5 nitrogen and oxygen atoms in total. The Morgan fingerprint density at radius 1 is 1.28 bits per heavy atom. The molecule has 0 spiro atoms. The molecule has 0 aromatic carbocycles. The number of H-pyrrole nitrogens is 1. The predicted octanol–water partition coefficient (Wildman–Crippen LogP) is 0.546. The predicted molar refractivity (Wildman–Crippen MR) is 67.5 cm³/mol. The zero-order chi connectivity index (χ0) is 13.6. The van der Waals surface area contributed by atoms with Crippen LogP contribution in [0.1, 0.15) is 33.3 Å². The Bertz CT molecular complexity index is 555. The number of aromatic nitrogens is 1. The molecule has 1 saturated heterocycles. The van der Waals surface area contributed by atoms with Crippen LogP contribution in [-0.2, 0) is 9.31 Å². The van der Waals surface area contributed by atoms with E-state index in [-0.39, 0.29) is 16.6 Å². The SMILES string of the molecule is CC1(C)OB(c2c(C#N)cc[nH]c2=O)OC1(C)C. The number of rotatable bonds is 1. The quantitative estimate of drug-likeness (QED) is 0.734. The van der Waals surface area contributed by atoms with Gasteiger partial charge in [-0.3, -0.25) is 4.79 Å². The summed E-state index contributed by atoms with van der Waals surface area (Å²) in [6.07, 6.45) is 1.44. The van der Waals surface area contributed by atoms with E-state index in [0.717, 1.165) is 0 Å². The molecule has 18 heavy (non-hydrogen) atoms. The third kappa shape index (κ3) is 1.86. The molecule has 0 radical (unpaired) electrons. The van der Waals surface area contributed by atoms with Gasteiger partial charge in [0.05, 0.1) is 28.3 Å². The van der Waals surface area contributed by atoms with E-state index in [2.05, 4.69) is 4.98 Å². The maximum Gasteiger partial charge on any atom is 0.501 e. The van der Waals surface area contributed by atoms with Gasteiger partial charge in [-0.05, 0) is 33.8 Å². The van der Waals surface area contributed by atoms with Crippen LogP contribution in [0.25, 0.3) is 0 Å². The summed E-state index contributed by atoms with van der Waals surface area (Å²) in [6.45, 7) is 7.60. The second kappa shape index (κ2) is 3.97. The highest BCUT2D eigenvalue weighted by molar-refractivity contribution is 6.62. The van der Waals surface area contributed by atoms with E-state index in [1.165, 1.54) is 6.20 Å². The van der Waals surface area contributed by atoms with Crippen molar-refractivity contribution in [1.29, 1.82) is 5.26 Å². The fraction of sp³-hybridized carbons (Fsp3) is 0.500. The first-order valence-electron chi connectivity index (χ1n) is 5.76. The standard InChI is InChI=1S/C12H15BN2O3/c1-11(2)12(3,4)18-13(17-11)9-8(7-14)5-6-15-10(9)16/h5-6H,1-4H3,(H,15,16). The molecule has 0 bridgehead atoms. The van der Waals surface area contributed by atoms with E-state index >= 15 is 0 Å². The van der Waals surface area contributed by atoms with Gasteiger partial charge in [-0.1, -0.05) is 0 Å². The van der Waals surface area contributed by atoms with Crippen molar-refractivity contribution in [2.24, 2.45) is 0 Å². The number of nitrogens with one attached hydrogen (secondary N) is 1. The molecule has 0 aliphatic carbocycles. The molecule has 1 aromatic heterocycles. The summed E-state index contributed by atoms with van der Waals surface area (Å²) in [5.74, 6) is 0. The molecule has 0 unspecified atom stereocenters. The summed E-state index contributed by atoms with van der Waals surface area (Å²) in [4.78, 5) is 14.4. The fourth-order valence-corrected chi connectivity index (χ4v) is 1.78. The Balaban J connectivity index is 2.49. The van der Waals surface area contributed by atoms with Crippen LogP contribution in [0.15, 0.2) is 17.1 Å². The van der Waals surface area contributed by atoms with E-state index in [1.807, 2.05) is 33.8 Å². The number of pyridine rings is 1. The maximum atomic E-state index is 11.8. The Hall–Kier alpha value is -1.58. The lowest BCUT2D eigenvalue weighted by atomic mass is 9.77. The number of aromatic amines is 1. The van der Waals surface area contributed by atoms with Crippen molar-refractivity contribution >= 4 is 12.6 Å². The third-order valence-corrected chi connectivity index (χ3v) is 3.61. The van der Waals surface area contributed by atoms with Crippen LogP contribution in [0.2, 0.25) is 0 Å². The first kappa shape index (κ1) is 12.9. The fourth-order valence-electron chi connectivity index (χ4n) is 1.78. The minimum atomic E-state index is -0.811. The van der Waals surface area contributed by atoms with Gasteiger partial charge in [0.15, 0.2) is 0 Å². The molecule has 0 amide bonds. The Morgan fingerprint density at radius 3 is 2.33 bits per heavy atom. The molecule has 1 aromatic rings. The van der Waals surface area contributed by atoms with E-state index in [0.29, 0.717) is 0 Å². The summed E-state index contributed by atoms with van der Waals surface area (Å²) >= 11 is 0. The molecular weight excluding hydrogens is 231 g/mol. The second-order valence-electron chi connectivity index (χ2n) is 5.33. The van der Waals surface area contributed by atoms with Gasteiger partial charge in [0.1, 0.15) is 0 Å². The minimum Gasteiger partial charge on any atom is -0.399 e. The van der Waals surface area contributed by atoms with E-state index in [1.54, 1.807) is 6.07 Å². The number of hydrogen-bond acceptors (Lipinski definition) is 4. The summed E-state index contributed by atoms with van der Waals surface area (Å²) in [5, 5.41) is 9.05. The van der Waals surface area contributed by atoms with E-state index in [4.69, 9.17) is 14.6 Å². The summed E-state index contributed by atoms with van der Waals surface area (Å²) in [7, 11) is -0.811. The Labute approximate surface area is 106 Å². The van der Waals surface area contributed by atoms with E-state index in [9.17, 15) is 4.79 Å². The lowest BCUT2D eigenvalue weighted by Gasteiger charge is -2.32. The first-order chi connectivity index (χ1) is 8.28. The van der Waals surface area contributed by atoms with Crippen LogP contribution >= 0.6 is 0 Å². The highest BCUT2D eigenvalue weighted by Crippen LogP contribution is 2.36. The molecule has 1 N–H and O–H groups in total. The monoisotopic (exact) mass is 246 g/mol. The molecule has 1 aliphatic heterocycles. The van der Waals surface area contributed by atoms with Gasteiger partial charge < -0.3 is 14.3 Å². The third-order valence-electron chi connectivity index (χ3n) is 3.61. The van der Waals surface area contributed by atoms with Gasteiger partial charge >= 0.3 is 7.12 Å². The van der Waals surface area contributed by atoms with Crippen molar-refractivity contribution in [3.63, 3.8) is 0 Å². The number of hydrogen-bond donors (Lipinski definition) is 1. The van der Waals surface area contributed by atoms with Gasteiger partial charge in [-0.15, -0.1) is 0 Å². The largest absolute Gasteiger partial charge is 0.501 e. The van der Waals surface area contributed by atoms with Crippen LogP contribution in [0.4, 0.5) is 0 Å². The average Bonchev–Trinajstić information content (AvgIpc) is 2.47. The normalized spacial score (nSPS) is 20.7. The van der Waals surface area contributed by atoms with Gasteiger partial charge in [0.25, 0.3) is 0 Å². The van der Waals surface area contributed by atoms with Crippen molar-refractivity contribution in [3.05, 3.63) is 28.2 Å². The van der Waals surface area contributed by atoms with Gasteiger partial charge in [-0.25, -0.2) is 0 Å². The molecule has 2 heterocycles. The van der Waals surface area contributed by atoms with Crippen molar-refractivity contribution < 1.29 is 9.31 Å². The molecular formula is C12H15BN2O3. The highest BCUT2D eigenvalue weighted by Gasteiger charge is 2.53. The van der Waals surface area contributed by atoms with Crippen LogP contribution < -0.4 is 11.0 Å². The first-order valence-corrected chi connectivity index (χ1v) is 5.76. The summed E-state index contributed by atoms with van der Waals surface area (Å²) < 4.78 is 11.6. The topological polar surface area (TPSA) is 75.1 Å². The van der Waals surface area contributed by atoms with Crippen LogP contribution in [-0.4, -0.2) is 23.3 Å². The van der Waals surface area contributed by atoms with Gasteiger partial charge in [0.2, 0.25) is 5.56 Å². The molecule has 2 rings (SSSR count). The van der Waals surface area contributed by atoms with Crippen LogP contribution in [0.3, 0.4) is 0 Å². The zero-order valence-corrected chi connectivity index (χ0v) is 10.9. The highest BCUT2D eigenvalue weighted by atomic mass is 16.7. The van der Waals surface area contributed by atoms with Crippen LogP contribution in [0.5, 0.6) is 0 Å². The molecule has 94 valence electrons. The molecule has 0 atom stereocenters.